The van der Waals surface area contributed by atoms with Gasteiger partial charge in [0.2, 0.25) is 0 Å². The minimum atomic E-state index is -1.33. The van der Waals surface area contributed by atoms with Crippen molar-refractivity contribution in [2.24, 2.45) is 5.41 Å². The molecule has 0 radical (unpaired) electrons. The number of anilines is 1. The number of nitrogens with two attached hydrogens (primary N) is 1. The molecule has 4 atom stereocenters. The van der Waals surface area contributed by atoms with E-state index in [0.29, 0.717) is 0 Å². The van der Waals surface area contributed by atoms with Gasteiger partial charge in [0.25, 0.3) is 0 Å². The lowest BCUT2D eigenvalue weighted by molar-refractivity contribution is -0.168. The Morgan fingerprint density at radius 1 is 1.37 bits per heavy atom. The van der Waals surface area contributed by atoms with Crippen LogP contribution in [0.15, 0.2) is 11.5 Å². The fourth-order valence-electron chi connectivity index (χ4n) is 2.87. The quantitative estimate of drug-likeness (QED) is 0.342. The molecule has 2 aromatic rings. The van der Waals surface area contributed by atoms with E-state index in [1.165, 1.54) is 10.9 Å². The van der Waals surface area contributed by atoms with Gasteiger partial charge in [-0.15, -0.1) is 0 Å². The summed E-state index contributed by atoms with van der Waals surface area (Å²) in [5.41, 5.74) is 5.44. The van der Waals surface area contributed by atoms with Gasteiger partial charge in [-0.05, 0) is 20.8 Å². The molecular weight excluding hydrogens is 418 g/mol. The van der Waals surface area contributed by atoms with Crippen molar-refractivity contribution in [2.45, 2.75) is 50.5 Å². The molecule has 0 spiro atoms. The van der Waals surface area contributed by atoms with Crippen LogP contribution in [0.2, 0.25) is 0 Å². The minimum Gasteiger partial charge on any atom is -0.481 e. The van der Waals surface area contributed by atoms with Crippen molar-refractivity contribution < 1.29 is 34.4 Å². The molecule has 13 heteroatoms. The molecule has 0 aromatic carbocycles. The van der Waals surface area contributed by atoms with Crippen LogP contribution in [-0.2, 0) is 19.1 Å². The largest absolute Gasteiger partial charge is 0.481 e. The molecule has 1 saturated heterocycles. The number of hydrogen-bond donors (Lipinski definition) is 4. The average Bonchev–Trinajstić information content (AvgIpc) is 3.18. The zero-order chi connectivity index (χ0) is 22.2. The fraction of sp³-hybridized carbons (Fsp3) is 0.588. The zero-order valence-corrected chi connectivity index (χ0v) is 17.4. The number of carbonyl (C=O) groups is 2. The minimum absolute atomic E-state index is 0.0661. The fourth-order valence-corrected chi connectivity index (χ4v) is 3.61. The second-order valence-corrected chi connectivity index (χ2v) is 8.68. The summed E-state index contributed by atoms with van der Waals surface area (Å²) < 4.78 is 12.7. The summed E-state index contributed by atoms with van der Waals surface area (Å²) in [6, 6.07) is 0. The molecule has 12 nitrogen and oxygen atoms in total. The number of carboxylic acids is 1. The van der Waals surface area contributed by atoms with Crippen molar-refractivity contribution in [2.75, 3.05) is 18.1 Å². The second-order valence-electron chi connectivity index (χ2n) is 7.74. The van der Waals surface area contributed by atoms with Crippen LogP contribution in [0.4, 0.5) is 5.82 Å². The predicted molar refractivity (Wildman–Crippen MR) is 104 cm³/mol. The van der Waals surface area contributed by atoms with E-state index in [4.69, 9.17) is 20.3 Å². The van der Waals surface area contributed by atoms with Gasteiger partial charge in [-0.3, -0.25) is 14.2 Å². The first-order chi connectivity index (χ1) is 14.0. The topological polar surface area (TPSA) is 183 Å². The number of aliphatic hydroxyl groups is 2. The maximum Gasteiger partial charge on any atom is 0.313 e. The summed E-state index contributed by atoms with van der Waals surface area (Å²) in [5.74, 6) is -1.91. The lowest BCUT2D eigenvalue weighted by atomic mass is 9.97. The number of esters is 1. The Hall–Kier alpha value is -2.48. The number of aromatic nitrogens is 4. The maximum absolute atomic E-state index is 12.5. The van der Waals surface area contributed by atoms with E-state index < -0.39 is 48.5 Å². The van der Waals surface area contributed by atoms with Gasteiger partial charge in [0.15, 0.2) is 34.5 Å². The number of rotatable bonds is 6. The summed E-state index contributed by atoms with van der Waals surface area (Å²) in [6.07, 6.45) is -3.50. The number of ether oxygens (including phenoxy) is 2. The van der Waals surface area contributed by atoms with Crippen LogP contribution < -0.4 is 5.73 Å². The van der Waals surface area contributed by atoms with Crippen LogP contribution in [-0.4, -0.2) is 77.4 Å². The van der Waals surface area contributed by atoms with Crippen LogP contribution in [0.25, 0.3) is 11.2 Å². The molecule has 30 heavy (non-hydrogen) atoms. The lowest BCUT2D eigenvalue weighted by Crippen LogP contribution is -2.39. The van der Waals surface area contributed by atoms with Crippen molar-refractivity contribution in [1.29, 1.82) is 0 Å². The molecule has 1 fully saturated rings. The Kier molecular flexibility index (Phi) is 6.17. The van der Waals surface area contributed by atoms with E-state index >= 15 is 0 Å². The maximum atomic E-state index is 12.5. The zero-order valence-electron chi connectivity index (χ0n) is 16.6. The standard InChI is InChI=1S/C17H23N5O7S/c1-17(2,3)15(27)29-11-10(26)7(4-23)28-14(11)22-13-9(12(18)19-6-20-13)21-16(22)30-5-8(24)25/h6-7,10-11,14,23,26H,4-5H2,1-3H3,(H,24,25)(H2,18,19,20)/t7-,10?,11?,14-/m1/s1. The van der Waals surface area contributed by atoms with Crippen LogP contribution in [0.5, 0.6) is 0 Å². The molecular formula is C17H23N5O7S. The molecule has 1 aliphatic rings. The monoisotopic (exact) mass is 441 g/mol. The van der Waals surface area contributed by atoms with Crippen LogP contribution in [0, 0.1) is 5.41 Å². The average molecular weight is 441 g/mol. The van der Waals surface area contributed by atoms with E-state index in [0.717, 1.165) is 11.8 Å². The van der Waals surface area contributed by atoms with Gasteiger partial charge in [0, 0.05) is 0 Å². The number of imidazole rings is 1. The summed E-state index contributed by atoms with van der Waals surface area (Å²) in [6.45, 7) is 4.45. The van der Waals surface area contributed by atoms with Gasteiger partial charge in [0.1, 0.15) is 18.5 Å². The van der Waals surface area contributed by atoms with Gasteiger partial charge >= 0.3 is 11.9 Å². The first-order valence-electron chi connectivity index (χ1n) is 9.03. The van der Waals surface area contributed by atoms with Crippen molar-refractivity contribution in [1.82, 2.24) is 19.5 Å². The van der Waals surface area contributed by atoms with Crippen LogP contribution in [0.1, 0.15) is 27.0 Å². The molecule has 5 N–H and O–H groups in total. The Morgan fingerprint density at radius 3 is 2.67 bits per heavy atom. The van der Waals surface area contributed by atoms with Crippen LogP contribution >= 0.6 is 11.8 Å². The number of carbonyl (C=O) groups excluding carboxylic acids is 1. The third-order valence-corrected chi connectivity index (χ3v) is 5.34. The molecule has 3 rings (SSSR count). The molecule has 3 heterocycles. The second kappa shape index (κ2) is 8.34. The SMILES string of the molecule is CC(C)(C)C(=O)OC1C(O)[C@@H](CO)O[C@H]1n1c(SCC(=O)O)nc2c(N)ncnc21. The number of aliphatic hydroxyl groups excluding tert-OH is 2. The van der Waals surface area contributed by atoms with E-state index in [9.17, 15) is 19.8 Å². The Balaban J connectivity index is 2.10. The molecule has 2 unspecified atom stereocenters. The first-order valence-corrected chi connectivity index (χ1v) is 10.0. The lowest BCUT2D eigenvalue weighted by Gasteiger charge is -2.26. The number of thioether (sulfide) groups is 1. The molecule has 1 aliphatic heterocycles. The van der Waals surface area contributed by atoms with Gasteiger partial charge in [0.05, 0.1) is 17.8 Å². The Bertz CT molecular complexity index is 960. The van der Waals surface area contributed by atoms with E-state index in [2.05, 4.69) is 15.0 Å². The summed E-state index contributed by atoms with van der Waals surface area (Å²) >= 11 is 0.877. The molecule has 0 saturated carbocycles. The Labute approximate surface area is 175 Å². The highest BCUT2D eigenvalue weighted by Crippen LogP contribution is 2.38. The van der Waals surface area contributed by atoms with E-state index in [-0.39, 0.29) is 27.9 Å². The molecule has 0 amide bonds. The number of carboxylic acid groups (broad SMARTS) is 1. The van der Waals surface area contributed by atoms with Gasteiger partial charge in [-0.25, -0.2) is 15.0 Å². The normalized spacial score (nSPS) is 24.3. The van der Waals surface area contributed by atoms with Crippen LogP contribution in [0.3, 0.4) is 0 Å². The van der Waals surface area contributed by atoms with Gasteiger partial charge < -0.3 is 30.5 Å². The van der Waals surface area contributed by atoms with Crippen molar-refractivity contribution in [3.05, 3.63) is 6.33 Å². The molecule has 164 valence electrons. The molecule has 2 aromatic heterocycles. The smallest absolute Gasteiger partial charge is 0.313 e. The van der Waals surface area contributed by atoms with Crippen molar-refractivity contribution in [3.63, 3.8) is 0 Å². The molecule has 0 aliphatic carbocycles. The highest BCUT2D eigenvalue weighted by atomic mass is 32.2. The third-order valence-electron chi connectivity index (χ3n) is 4.40. The third kappa shape index (κ3) is 4.19. The summed E-state index contributed by atoms with van der Waals surface area (Å²) in [7, 11) is 0. The highest BCUT2D eigenvalue weighted by Gasteiger charge is 2.49. The van der Waals surface area contributed by atoms with E-state index in [1.807, 2.05) is 0 Å². The molecule has 0 bridgehead atoms. The number of aliphatic carboxylic acids is 1. The number of hydrogen-bond acceptors (Lipinski definition) is 11. The number of nitrogen functional groups attached to an aromatic ring is 1. The highest BCUT2D eigenvalue weighted by molar-refractivity contribution is 7.99. The van der Waals surface area contributed by atoms with Crippen molar-refractivity contribution in [3.8, 4) is 0 Å². The summed E-state index contributed by atoms with van der Waals surface area (Å²) in [4.78, 5) is 35.9. The number of nitrogens with zero attached hydrogens (tertiary/aromatic N) is 4. The number of fused-ring (bicyclic) bond motifs is 1. The first kappa shape index (κ1) is 22.2. The van der Waals surface area contributed by atoms with Gasteiger partial charge in [-0.2, -0.15) is 0 Å². The van der Waals surface area contributed by atoms with E-state index in [1.54, 1.807) is 20.8 Å². The predicted octanol–water partition coefficient (Wildman–Crippen LogP) is -0.206. The summed E-state index contributed by atoms with van der Waals surface area (Å²) in [5, 5.41) is 29.4. The van der Waals surface area contributed by atoms with Gasteiger partial charge in [-0.1, -0.05) is 11.8 Å². The van der Waals surface area contributed by atoms with Crippen molar-refractivity contribution >= 4 is 40.7 Å². The Morgan fingerprint density at radius 2 is 2.07 bits per heavy atom.